The summed E-state index contributed by atoms with van der Waals surface area (Å²) < 4.78 is 0. The van der Waals surface area contributed by atoms with Gasteiger partial charge in [-0.05, 0) is 34.0 Å². The monoisotopic (exact) mass is 318 g/mol. The summed E-state index contributed by atoms with van der Waals surface area (Å²) in [5, 5.41) is 6.37. The lowest BCUT2D eigenvalue weighted by Crippen LogP contribution is -2.44. The summed E-state index contributed by atoms with van der Waals surface area (Å²) in [7, 11) is 0. The molecule has 1 atom stereocenters. The second-order valence-electron chi connectivity index (χ2n) is 5.65. The average Bonchev–Trinajstić information content (AvgIpc) is 2.58. The number of hydrogen-bond acceptors (Lipinski definition) is 2. The van der Waals surface area contributed by atoms with Gasteiger partial charge in [0, 0.05) is 0 Å². The van der Waals surface area contributed by atoms with Gasteiger partial charge in [-0.15, -0.1) is 6.58 Å². The Labute approximate surface area is 140 Å². The summed E-state index contributed by atoms with van der Waals surface area (Å²) in [5.41, 5.74) is 5.93. The molecule has 0 spiro atoms. The van der Waals surface area contributed by atoms with Crippen LogP contribution in [0.15, 0.2) is 67.3 Å². The van der Waals surface area contributed by atoms with Crippen LogP contribution in [0.3, 0.4) is 0 Å². The molecule has 0 aromatic heterocycles. The van der Waals surface area contributed by atoms with Crippen molar-refractivity contribution < 1.29 is 9.59 Å². The third-order valence-corrected chi connectivity index (χ3v) is 4.05. The molecule has 0 aliphatic carbocycles. The highest BCUT2D eigenvalue weighted by Crippen LogP contribution is 2.28. The number of primary amides is 1. The minimum absolute atomic E-state index is 0.295. The predicted octanol–water partition coefficient (Wildman–Crippen LogP) is 3.15. The zero-order valence-electron chi connectivity index (χ0n) is 13.2. The Bertz CT molecular complexity index is 893. The molecule has 0 heterocycles. The molecule has 24 heavy (non-hydrogen) atoms. The Morgan fingerprint density at radius 2 is 1.58 bits per heavy atom. The third-order valence-electron chi connectivity index (χ3n) is 4.05. The maximum atomic E-state index is 12.9. The van der Waals surface area contributed by atoms with Crippen LogP contribution in [0.2, 0.25) is 0 Å². The topological polar surface area (TPSA) is 72.2 Å². The van der Waals surface area contributed by atoms with E-state index in [-0.39, 0.29) is 5.91 Å². The Morgan fingerprint density at radius 1 is 1.04 bits per heavy atom. The molecule has 3 N–H and O–H groups in total. The lowest BCUT2D eigenvalue weighted by Gasteiger charge is -2.16. The molecular weight excluding hydrogens is 300 g/mol. The summed E-state index contributed by atoms with van der Waals surface area (Å²) >= 11 is 0. The van der Waals surface area contributed by atoms with Gasteiger partial charge in [-0.3, -0.25) is 9.59 Å². The minimum Gasteiger partial charge on any atom is -0.368 e. The molecule has 0 unspecified atom stereocenters. The Kier molecular flexibility index (Phi) is 4.29. The number of nitrogens with one attached hydrogen (secondary N) is 1. The smallest absolute Gasteiger partial charge is 0.253 e. The number of benzene rings is 3. The molecule has 3 rings (SSSR count). The van der Waals surface area contributed by atoms with E-state index in [0.717, 1.165) is 21.5 Å². The van der Waals surface area contributed by atoms with E-state index >= 15 is 0 Å². The van der Waals surface area contributed by atoms with Gasteiger partial charge < -0.3 is 11.1 Å². The number of nitrogens with two attached hydrogens (primary N) is 1. The van der Waals surface area contributed by atoms with E-state index in [1.807, 2.05) is 48.5 Å². The molecule has 4 nitrogen and oxygen atoms in total. The van der Waals surface area contributed by atoms with Crippen molar-refractivity contribution in [3.8, 4) is 0 Å². The van der Waals surface area contributed by atoms with Gasteiger partial charge in [0.2, 0.25) is 5.91 Å². The lowest BCUT2D eigenvalue weighted by atomic mass is 9.96. The van der Waals surface area contributed by atoms with Crippen molar-refractivity contribution in [1.29, 1.82) is 0 Å². The fourth-order valence-electron chi connectivity index (χ4n) is 2.90. The van der Waals surface area contributed by atoms with Crippen LogP contribution in [0.5, 0.6) is 0 Å². The van der Waals surface area contributed by atoms with Gasteiger partial charge >= 0.3 is 0 Å². The van der Waals surface area contributed by atoms with Crippen molar-refractivity contribution in [2.75, 3.05) is 0 Å². The maximum Gasteiger partial charge on any atom is 0.253 e. The lowest BCUT2D eigenvalue weighted by molar-refractivity contribution is -0.119. The number of carbonyl (C=O) groups is 2. The number of carbonyl (C=O) groups excluding carboxylic acids is 2. The summed E-state index contributed by atoms with van der Waals surface area (Å²) in [6.45, 7) is 3.60. The normalized spacial score (nSPS) is 12.0. The van der Waals surface area contributed by atoms with Crippen LogP contribution in [0, 0.1) is 0 Å². The van der Waals surface area contributed by atoms with Crippen molar-refractivity contribution in [1.82, 2.24) is 5.32 Å². The molecule has 0 fully saturated rings. The van der Waals surface area contributed by atoms with Gasteiger partial charge in [0.15, 0.2) is 0 Å². The van der Waals surface area contributed by atoms with Crippen molar-refractivity contribution >= 4 is 33.4 Å². The zero-order chi connectivity index (χ0) is 17.1. The highest BCUT2D eigenvalue weighted by atomic mass is 16.2. The van der Waals surface area contributed by atoms with Crippen LogP contribution >= 0.6 is 0 Å². The van der Waals surface area contributed by atoms with E-state index in [1.54, 1.807) is 6.08 Å². The third kappa shape index (κ3) is 2.86. The van der Waals surface area contributed by atoms with Crippen molar-refractivity contribution in [3.63, 3.8) is 0 Å². The number of hydrogen-bond donors (Lipinski definition) is 2. The first-order valence-corrected chi connectivity index (χ1v) is 7.73. The van der Waals surface area contributed by atoms with Gasteiger partial charge in [0.25, 0.3) is 5.91 Å². The highest BCUT2D eigenvalue weighted by Gasteiger charge is 2.20. The van der Waals surface area contributed by atoms with Crippen LogP contribution in [-0.4, -0.2) is 17.9 Å². The zero-order valence-corrected chi connectivity index (χ0v) is 13.2. The van der Waals surface area contributed by atoms with Crippen LogP contribution in [0.25, 0.3) is 21.5 Å². The predicted molar refractivity (Wildman–Crippen MR) is 96.7 cm³/mol. The molecule has 3 aromatic carbocycles. The van der Waals surface area contributed by atoms with E-state index in [1.165, 1.54) is 0 Å². The first kappa shape index (κ1) is 15.7. The van der Waals surface area contributed by atoms with Gasteiger partial charge in [-0.1, -0.05) is 54.6 Å². The summed E-state index contributed by atoms with van der Waals surface area (Å²) in [6, 6.07) is 16.7. The van der Waals surface area contributed by atoms with Crippen molar-refractivity contribution in [3.05, 3.63) is 72.8 Å². The second kappa shape index (κ2) is 6.54. The van der Waals surface area contributed by atoms with Crippen molar-refractivity contribution in [2.24, 2.45) is 5.73 Å². The van der Waals surface area contributed by atoms with Crippen LogP contribution in [0.4, 0.5) is 0 Å². The first-order chi connectivity index (χ1) is 11.6. The molecule has 0 saturated carbocycles. The van der Waals surface area contributed by atoms with E-state index < -0.39 is 11.9 Å². The average molecular weight is 318 g/mol. The van der Waals surface area contributed by atoms with Crippen LogP contribution in [-0.2, 0) is 4.79 Å². The van der Waals surface area contributed by atoms with Gasteiger partial charge in [-0.25, -0.2) is 0 Å². The fourth-order valence-corrected chi connectivity index (χ4v) is 2.90. The fraction of sp³-hybridized carbons (Fsp3) is 0.100. The minimum atomic E-state index is -0.771. The number of amides is 2. The molecule has 4 heteroatoms. The molecule has 2 amide bonds. The van der Waals surface area contributed by atoms with E-state index in [2.05, 4.69) is 18.0 Å². The molecule has 3 aromatic rings. The largest absolute Gasteiger partial charge is 0.368 e. The standard InChI is InChI=1S/C20H18N2O2/c1-2-7-17(19(21)23)22-20(24)18-15-10-5-3-8-13(15)12-14-9-4-6-11-16(14)18/h2-6,8-12,17H,1,7H2,(H2,21,23)(H,22,24)/t17-/m1/s1. The molecule has 0 saturated heterocycles. The van der Waals surface area contributed by atoms with E-state index in [9.17, 15) is 9.59 Å². The molecule has 0 radical (unpaired) electrons. The van der Waals surface area contributed by atoms with Gasteiger partial charge in [0.1, 0.15) is 6.04 Å². The number of fused-ring (bicyclic) bond motifs is 2. The van der Waals surface area contributed by atoms with E-state index in [4.69, 9.17) is 5.73 Å². The van der Waals surface area contributed by atoms with E-state index in [0.29, 0.717) is 12.0 Å². The molecule has 120 valence electrons. The summed E-state index contributed by atoms with van der Waals surface area (Å²) in [4.78, 5) is 24.5. The quantitative estimate of drug-likeness (QED) is 0.560. The Balaban J connectivity index is 2.16. The second-order valence-corrected chi connectivity index (χ2v) is 5.65. The Morgan fingerprint density at radius 3 is 2.08 bits per heavy atom. The first-order valence-electron chi connectivity index (χ1n) is 7.73. The molecule has 0 bridgehead atoms. The van der Waals surface area contributed by atoms with Crippen molar-refractivity contribution in [2.45, 2.75) is 12.5 Å². The molecule has 0 aliphatic rings. The molecular formula is C20H18N2O2. The summed E-state index contributed by atoms with van der Waals surface area (Å²) in [5.74, 6) is -0.888. The van der Waals surface area contributed by atoms with Crippen LogP contribution < -0.4 is 11.1 Å². The Hall–Kier alpha value is -3.14. The SMILES string of the molecule is C=CC[C@@H](NC(=O)c1c2ccccc2cc2ccccc12)C(N)=O. The van der Waals surface area contributed by atoms with Gasteiger partial charge in [0.05, 0.1) is 5.56 Å². The van der Waals surface area contributed by atoms with Crippen LogP contribution in [0.1, 0.15) is 16.8 Å². The molecule has 0 aliphatic heterocycles. The highest BCUT2D eigenvalue weighted by molar-refractivity contribution is 6.18. The maximum absolute atomic E-state index is 12.9. The number of rotatable bonds is 5. The summed E-state index contributed by atoms with van der Waals surface area (Å²) in [6.07, 6.45) is 1.86. The van der Waals surface area contributed by atoms with Gasteiger partial charge in [-0.2, -0.15) is 0 Å².